The number of hydrogen-bond acceptors (Lipinski definition) is 2. The average Bonchev–Trinajstić information content (AvgIpc) is 2.48. The summed E-state index contributed by atoms with van der Waals surface area (Å²) < 4.78 is 58.9. The van der Waals surface area contributed by atoms with E-state index in [4.69, 9.17) is 0 Å². The van der Waals surface area contributed by atoms with Gasteiger partial charge in [-0.05, 0) is 19.1 Å². The number of anilines is 1. The summed E-state index contributed by atoms with van der Waals surface area (Å²) in [5.74, 6) is -9.70. The summed E-state index contributed by atoms with van der Waals surface area (Å²) >= 11 is 0. The standard InChI is InChI=1S/C15H11F4NO2/c1-7-3-5-8(6-4-7)20-15(21)9-10(16)12(18)14(22-2)13(19)11(9)17/h3-6H,1-2H3,(H,20,21). The van der Waals surface area contributed by atoms with E-state index >= 15 is 0 Å². The molecule has 1 N–H and O–H groups in total. The lowest BCUT2D eigenvalue weighted by molar-refractivity contribution is 0.101. The first-order chi connectivity index (χ1) is 10.4. The van der Waals surface area contributed by atoms with Gasteiger partial charge in [-0.2, -0.15) is 8.78 Å². The zero-order chi connectivity index (χ0) is 16.4. The highest BCUT2D eigenvalue weighted by Crippen LogP contribution is 2.30. The molecule has 0 saturated carbocycles. The number of aryl methyl sites for hydroxylation is 1. The van der Waals surface area contributed by atoms with Crippen molar-refractivity contribution in [2.24, 2.45) is 0 Å². The van der Waals surface area contributed by atoms with Crippen LogP contribution in [0.1, 0.15) is 15.9 Å². The number of benzene rings is 2. The number of hydrogen-bond donors (Lipinski definition) is 1. The largest absolute Gasteiger partial charge is 0.491 e. The minimum Gasteiger partial charge on any atom is -0.491 e. The van der Waals surface area contributed by atoms with Crippen LogP contribution in [-0.2, 0) is 0 Å². The van der Waals surface area contributed by atoms with Gasteiger partial charge < -0.3 is 10.1 Å². The molecule has 22 heavy (non-hydrogen) atoms. The first-order valence-electron chi connectivity index (χ1n) is 6.14. The van der Waals surface area contributed by atoms with E-state index < -0.39 is 40.5 Å². The minimum atomic E-state index is -1.82. The minimum absolute atomic E-state index is 0.228. The SMILES string of the molecule is COc1c(F)c(F)c(C(=O)Nc2ccc(C)cc2)c(F)c1F. The first kappa shape index (κ1) is 15.8. The zero-order valence-corrected chi connectivity index (χ0v) is 11.6. The number of halogens is 4. The van der Waals surface area contributed by atoms with Gasteiger partial charge in [-0.1, -0.05) is 17.7 Å². The highest BCUT2D eigenvalue weighted by molar-refractivity contribution is 6.04. The second kappa shape index (κ2) is 6.05. The van der Waals surface area contributed by atoms with Crippen molar-refractivity contribution >= 4 is 11.6 Å². The Morgan fingerprint density at radius 1 is 0.955 bits per heavy atom. The fourth-order valence-electron chi connectivity index (χ4n) is 1.82. The molecule has 0 saturated heterocycles. The van der Waals surface area contributed by atoms with Crippen molar-refractivity contribution in [1.29, 1.82) is 0 Å². The number of rotatable bonds is 3. The number of nitrogens with one attached hydrogen (secondary N) is 1. The molecule has 2 rings (SSSR count). The summed E-state index contributed by atoms with van der Waals surface area (Å²) in [7, 11) is 0.854. The summed E-state index contributed by atoms with van der Waals surface area (Å²) in [6, 6.07) is 6.27. The maximum Gasteiger partial charge on any atom is 0.261 e. The van der Waals surface area contributed by atoms with E-state index in [1.165, 1.54) is 12.1 Å². The van der Waals surface area contributed by atoms with E-state index in [0.29, 0.717) is 0 Å². The summed E-state index contributed by atoms with van der Waals surface area (Å²) in [6.07, 6.45) is 0. The number of carbonyl (C=O) groups is 1. The number of carbonyl (C=O) groups excluding carboxylic acids is 1. The van der Waals surface area contributed by atoms with Crippen molar-refractivity contribution in [3.63, 3.8) is 0 Å². The van der Waals surface area contributed by atoms with Crippen molar-refractivity contribution in [2.75, 3.05) is 12.4 Å². The van der Waals surface area contributed by atoms with Crippen molar-refractivity contribution < 1.29 is 27.1 Å². The Morgan fingerprint density at radius 3 is 1.91 bits per heavy atom. The molecular formula is C15H11F4NO2. The van der Waals surface area contributed by atoms with Gasteiger partial charge in [0.15, 0.2) is 17.4 Å². The maximum atomic E-state index is 13.8. The summed E-state index contributed by atoms with van der Waals surface area (Å²) in [4.78, 5) is 11.9. The van der Waals surface area contributed by atoms with Crippen LogP contribution in [0.15, 0.2) is 24.3 Å². The first-order valence-corrected chi connectivity index (χ1v) is 6.14. The number of amides is 1. The Morgan fingerprint density at radius 2 is 1.45 bits per heavy atom. The van der Waals surface area contributed by atoms with Crippen LogP contribution in [0.25, 0.3) is 0 Å². The van der Waals surface area contributed by atoms with Gasteiger partial charge in [-0.3, -0.25) is 4.79 Å². The van der Waals surface area contributed by atoms with Crippen LogP contribution < -0.4 is 10.1 Å². The molecule has 0 aliphatic heterocycles. The Balaban J connectivity index is 2.44. The molecule has 0 aliphatic carbocycles. The van der Waals surface area contributed by atoms with Crippen LogP contribution in [0.3, 0.4) is 0 Å². The molecule has 0 atom stereocenters. The topological polar surface area (TPSA) is 38.3 Å². The van der Waals surface area contributed by atoms with Gasteiger partial charge in [-0.15, -0.1) is 0 Å². The molecule has 0 heterocycles. The lowest BCUT2D eigenvalue weighted by atomic mass is 10.1. The third kappa shape index (κ3) is 2.74. The van der Waals surface area contributed by atoms with E-state index in [0.717, 1.165) is 12.7 Å². The molecule has 0 radical (unpaired) electrons. The molecule has 0 unspecified atom stereocenters. The molecule has 1 amide bonds. The van der Waals surface area contributed by atoms with E-state index in [-0.39, 0.29) is 5.69 Å². The van der Waals surface area contributed by atoms with Gasteiger partial charge in [0.2, 0.25) is 11.6 Å². The van der Waals surface area contributed by atoms with Gasteiger partial charge >= 0.3 is 0 Å². The molecule has 2 aromatic rings. The molecule has 2 aromatic carbocycles. The highest BCUT2D eigenvalue weighted by Gasteiger charge is 2.30. The summed E-state index contributed by atoms with van der Waals surface area (Å²) in [5, 5.41) is 2.17. The average molecular weight is 313 g/mol. The molecule has 0 aliphatic rings. The summed E-state index contributed by atoms with van der Waals surface area (Å²) in [5.41, 5.74) is -0.223. The van der Waals surface area contributed by atoms with Crippen LogP contribution in [0.5, 0.6) is 5.75 Å². The fourth-order valence-corrected chi connectivity index (χ4v) is 1.82. The molecule has 0 spiro atoms. The van der Waals surface area contributed by atoms with Crippen LogP contribution in [0.2, 0.25) is 0 Å². The number of methoxy groups -OCH3 is 1. The van der Waals surface area contributed by atoms with E-state index in [9.17, 15) is 22.4 Å². The lowest BCUT2D eigenvalue weighted by Gasteiger charge is -2.11. The Hall–Kier alpha value is -2.57. The third-order valence-electron chi connectivity index (χ3n) is 2.96. The predicted molar refractivity (Wildman–Crippen MR) is 72.0 cm³/mol. The molecule has 7 heteroatoms. The zero-order valence-electron chi connectivity index (χ0n) is 11.6. The second-order valence-corrected chi connectivity index (χ2v) is 4.48. The molecular weight excluding hydrogens is 302 g/mol. The third-order valence-corrected chi connectivity index (χ3v) is 2.96. The van der Waals surface area contributed by atoms with Crippen molar-refractivity contribution in [1.82, 2.24) is 0 Å². The normalized spacial score (nSPS) is 10.5. The van der Waals surface area contributed by atoms with Crippen molar-refractivity contribution in [3.05, 3.63) is 58.7 Å². The maximum absolute atomic E-state index is 13.8. The molecule has 0 aromatic heterocycles. The smallest absolute Gasteiger partial charge is 0.261 e. The van der Waals surface area contributed by atoms with Gasteiger partial charge in [0, 0.05) is 5.69 Å². The van der Waals surface area contributed by atoms with Crippen LogP contribution in [0.4, 0.5) is 23.2 Å². The molecule has 0 bridgehead atoms. The van der Waals surface area contributed by atoms with Crippen LogP contribution >= 0.6 is 0 Å². The van der Waals surface area contributed by atoms with Gasteiger partial charge in [-0.25, -0.2) is 8.78 Å². The highest BCUT2D eigenvalue weighted by atomic mass is 19.2. The lowest BCUT2D eigenvalue weighted by Crippen LogP contribution is -2.18. The predicted octanol–water partition coefficient (Wildman–Crippen LogP) is 3.81. The van der Waals surface area contributed by atoms with Crippen molar-refractivity contribution in [2.45, 2.75) is 6.92 Å². The van der Waals surface area contributed by atoms with Gasteiger partial charge in [0.05, 0.1) is 7.11 Å². The van der Waals surface area contributed by atoms with E-state index in [1.54, 1.807) is 19.1 Å². The van der Waals surface area contributed by atoms with E-state index in [2.05, 4.69) is 10.1 Å². The van der Waals surface area contributed by atoms with E-state index in [1.807, 2.05) is 0 Å². The second-order valence-electron chi connectivity index (χ2n) is 4.48. The van der Waals surface area contributed by atoms with Crippen LogP contribution in [0, 0.1) is 30.2 Å². The van der Waals surface area contributed by atoms with Crippen molar-refractivity contribution in [3.8, 4) is 5.75 Å². The quantitative estimate of drug-likeness (QED) is 0.691. The molecule has 116 valence electrons. The van der Waals surface area contributed by atoms with Crippen LogP contribution in [-0.4, -0.2) is 13.0 Å². The Labute approximate surface area is 123 Å². The fraction of sp³-hybridized carbons (Fsp3) is 0.133. The molecule has 0 fully saturated rings. The molecule has 3 nitrogen and oxygen atoms in total. The van der Waals surface area contributed by atoms with Gasteiger partial charge in [0.25, 0.3) is 5.91 Å². The Kier molecular flexibility index (Phi) is 4.35. The van der Waals surface area contributed by atoms with Gasteiger partial charge in [0.1, 0.15) is 5.56 Å². The summed E-state index contributed by atoms with van der Waals surface area (Å²) in [6.45, 7) is 1.80. The number of ether oxygens (including phenoxy) is 1. The monoisotopic (exact) mass is 313 g/mol. The Bertz CT molecular complexity index is 700.